The van der Waals surface area contributed by atoms with E-state index < -0.39 is 12.2 Å². The number of aliphatic hydroxyl groups is 2. The van der Waals surface area contributed by atoms with Gasteiger partial charge in [-0.15, -0.1) is 0 Å². The van der Waals surface area contributed by atoms with Gasteiger partial charge in [0.15, 0.2) is 0 Å². The fraction of sp³-hybridized carbons (Fsp3) is 0.533. The van der Waals surface area contributed by atoms with Crippen molar-refractivity contribution in [3.05, 3.63) is 30.3 Å². The van der Waals surface area contributed by atoms with E-state index in [0.717, 1.165) is 5.75 Å². The summed E-state index contributed by atoms with van der Waals surface area (Å²) in [5, 5.41) is 21.8. The third-order valence-corrected chi connectivity index (χ3v) is 3.42. The molecule has 2 rings (SSSR count). The summed E-state index contributed by atoms with van der Waals surface area (Å²) < 4.78 is 10.7. The van der Waals surface area contributed by atoms with E-state index in [1.54, 1.807) is 0 Å². The molecule has 3 atom stereocenters. The molecule has 1 aromatic rings. The fourth-order valence-corrected chi connectivity index (χ4v) is 2.25. The Bertz CT molecular complexity index is 439. The maximum atomic E-state index is 11.8. The first-order chi connectivity index (χ1) is 10.2. The molecule has 0 bridgehead atoms. The zero-order chi connectivity index (χ0) is 15.1. The number of ether oxygens (including phenoxy) is 2. The van der Waals surface area contributed by atoms with Crippen molar-refractivity contribution < 1.29 is 24.5 Å². The van der Waals surface area contributed by atoms with E-state index in [2.05, 4.69) is 5.32 Å². The van der Waals surface area contributed by atoms with Crippen molar-refractivity contribution in [3.8, 4) is 5.75 Å². The Labute approximate surface area is 123 Å². The molecule has 21 heavy (non-hydrogen) atoms. The van der Waals surface area contributed by atoms with E-state index in [9.17, 15) is 9.90 Å². The number of hydrogen-bond donors (Lipinski definition) is 3. The molecular formula is C15H21NO5. The van der Waals surface area contributed by atoms with Gasteiger partial charge in [-0.2, -0.15) is 0 Å². The summed E-state index contributed by atoms with van der Waals surface area (Å²) in [4.78, 5) is 11.8. The normalized spacial score (nSPS) is 25.3. The van der Waals surface area contributed by atoms with Crippen LogP contribution in [-0.2, 0) is 9.53 Å². The van der Waals surface area contributed by atoms with E-state index in [1.165, 1.54) is 0 Å². The van der Waals surface area contributed by atoms with Crippen LogP contribution in [0.25, 0.3) is 0 Å². The molecular weight excluding hydrogens is 274 g/mol. The van der Waals surface area contributed by atoms with Gasteiger partial charge in [-0.1, -0.05) is 18.2 Å². The van der Waals surface area contributed by atoms with Crippen LogP contribution in [0, 0.1) is 0 Å². The number of para-hydroxylation sites is 1. The maximum absolute atomic E-state index is 11.8. The van der Waals surface area contributed by atoms with E-state index in [0.29, 0.717) is 13.0 Å². The van der Waals surface area contributed by atoms with Crippen molar-refractivity contribution >= 4 is 5.91 Å². The molecule has 0 radical (unpaired) electrons. The van der Waals surface area contributed by atoms with Gasteiger partial charge in [-0.25, -0.2) is 0 Å². The summed E-state index contributed by atoms with van der Waals surface area (Å²) in [6.07, 6.45) is -0.779. The quantitative estimate of drug-likeness (QED) is 0.692. The molecule has 6 nitrogen and oxygen atoms in total. The van der Waals surface area contributed by atoms with Gasteiger partial charge < -0.3 is 25.0 Å². The summed E-state index contributed by atoms with van der Waals surface area (Å²) in [5.41, 5.74) is 0. The van der Waals surface area contributed by atoms with Crippen LogP contribution in [0.5, 0.6) is 5.75 Å². The van der Waals surface area contributed by atoms with Crippen molar-refractivity contribution in [2.45, 2.75) is 31.1 Å². The van der Waals surface area contributed by atoms with E-state index in [4.69, 9.17) is 14.6 Å². The molecule has 0 aromatic heterocycles. The lowest BCUT2D eigenvalue weighted by atomic mass is 10.00. The summed E-state index contributed by atoms with van der Waals surface area (Å²) in [6, 6.07) is 8.88. The lowest BCUT2D eigenvalue weighted by molar-refractivity contribution is -0.132. The third-order valence-electron chi connectivity index (χ3n) is 3.42. The Morgan fingerprint density at radius 3 is 2.86 bits per heavy atom. The summed E-state index contributed by atoms with van der Waals surface area (Å²) in [5.74, 6) is 0.533. The molecule has 1 aliphatic heterocycles. The van der Waals surface area contributed by atoms with Crippen molar-refractivity contribution in [1.29, 1.82) is 0 Å². The van der Waals surface area contributed by atoms with Crippen molar-refractivity contribution in [1.82, 2.24) is 5.32 Å². The minimum Gasteiger partial charge on any atom is -0.493 e. The lowest BCUT2D eigenvalue weighted by Gasteiger charge is -2.34. The molecule has 0 aliphatic carbocycles. The van der Waals surface area contributed by atoms with Gasteiger partial charge >= 0.3 is 0 Å². The van der Waals surface area contributed by atoms with Crippen LogP contribution in [0.15, 0.2) is 30.3 Å². The average Bonchev–Trinajstić information content (AvgIpc) is 2.50. The number of carbonyl (C=O) groups is 1. The molecule has 1 heterocycles. The van der Waals surface area contributed by atoms with Crippen molar-refractivity contribution in [2.75, 3.05) is 19.8 Å². The molecule has 0 spiro atoms. The number of benzene rings is 1. The predicted octanol–water partition coefficient (Wildman–Crippen LogP) is 0.0824. The van der Waals surface area contributed by atoms with E-state index >= 15 is 0 Å². The van der Waals surface area contributed by atoms with Crippen LogP contribution in [-0.4, -0.2) is 54.2 Å². The summed E-state index contributed by atoms with van der Waals surface area (Å²) >= 11 is 0. The van der Waals surface area contributed by atoms with Crippen LogP contribution in [0.2, 0.25) is 0 Å². The topological polar surface area (TPSA) is 88.0 Å². The van der Waals surface area contributed by atoms with Crippen molar-refractivity contribution in [2.24, 2.45) is 0 Å². The molecule has 1 aromatic carbocycles. The Balaban J connectivity index is 1.71. The highest BCUT2D eigenvalue weighted by Gasteiger charge is 2.33. The molecule has 1 saturated heterocycles. The second-order valence-corrected chi connectivity index (χ2v) is 4.96. The predicted molar refractivity (Wildman–Crippen MR) is 75.9 cm³/mol. The first kappa shape index (κ1) is 15.8. The van der Waals surface area contributed by atoms with Crippen LogP contribution in [0.4, 0.5) is 0 Å². The number of amides is 1. The number of carbonyl (C=O) groups excluding carboxylic acids is 1. The Morgan fingerprint density at radius 1 is 1.38 bits per heavy atom. The first-order valence-corrected chi connectivity index (χ1v) is 7.08. The fourth-order valence-electron chi connectivity index (χ4n) is 2.25. The Hall–Kier alpha value is -1.63. The molecule has 3 N–H and O–H groups in total. The molecule has 1 fully saturated rings. The second-order valence-electron chi connectivity index (χ2n) is 4.96. The molecule has 0 unspecified atom stereocenters. The van der Waals surface area contributed by atoms with Gasteiger partial charge in [-0.05, 0) is 18.6 Å². The van der Waals surface area contributed by atoms with E-state index in [1.807, 2.05) is 30.3 Å². The molecule has 1 aliphatic rings. The number of hydrogen-bond acceptors (Lipinski definition) is 5. The van der Waals surface area contributed by atoms with Gasteiger partial charge in [0.25, 0.3) is 0 Å². The SMILES string of the molecule is O=C(CCOc1ccccc1)N[C@H]1CCO[C@H](CO)[C@H]1O. The highest BCUT2D eigenvalue weighted by atomic mass is 16.5. The Kier molecular flexibility index (Phi) is 5.98. The van der Waals surface area contributed by atoms with Gasteiger partial charge in [0.2, 0.25) is 5.91 Å². The molecule has 1 amide bonds. The maximum Gasteiger partial charge on any atom is 0.223 e. The van der Waals surface area contributed by atoms with Crippen molar-refractivity contribution in [3.63, 3.8) is 0 Å². The molecule has 0 saturated carbocycles. The van der Waals surface area contributed by atoms with E-state index in [-0.39, 0.29) is 31.6 Å². The minimum atomic E-state index is -0.886. The highest BCUT2D eigenvalue weighted by Crippen LogP contribution is 2.15. The molecule has 116 valence electrons. The van der Waals surface area contributed by atoms with Gasteiger partial charge in [0, 0.05) is 6.61 Å². The number of nitrogens with one attached hydrogen (secondary N) is 1. The zero-order valence-electron chi connectivity index (χ0n) is 11.8. The summed E-state index contributed by atoms with van der Waals surface area (Å²) in [6.45, 7) is 0.428. The zero-order valence-corrected chi connectivity index (χ0v) is 11.8. The standard InChI is InChI=1S/C15H21NO5/c17-10-13-15(19)12(6-8-21-13)16-14(18)7-9-20-11-4-2-1-3-5-11/h1-5,12-13,15,17,19H,6-10H2,(H,16,18)/t12-,13+,15-/m0/s1. The first-order valence-electron chi connectivity index (χ1n) is 7.08. The smallest absolute Gasteiger partial charge is 0.223 e. The largest absolute Gasteiger partial charge is 0.493 e. The molecule has 6 heteroatoms. The monoisotopic (exact) mass is 295 g/mol. The van der Waals surface area contributed by atoms with Crippen LogP contribution < -0.4 is 10.1 Å². The summed E-state index contributed by atoms with van der Waals surface area (Å²) in [7, 11) is 0. The van der Waals surface area contributed by atoms with Gasteiger partial charge in [0.1, 0.15) is 18.0 Å². The lowest BCUT2D eigenvalue weighted by Crippen LogP contribution is -2.54. The van der Waals surface area contributed by atoms with Crippen LogP contribution >= 0.6 is 0 Å². The van der Waals surface area contributed by atoms with Gasteiger partial charge in [0.05, 0.1) is 25.7 Å². The van der Waals surface area contributed by atoms with Crippen LogP contribution in [0.1, 0.15) is 12.8 Å². The van der Waals surface area contributed by atoms with Crippen LogP contribution in [0.3, 0.4) is 0 Å². The highest BCUT2D eigenvalue weighted by molar-refractivity contribution is 5.76. The number of aliphatic hydroxyl groups excluding tert-OH is 2. The average molecular weight is 295 g/mol. The van der Waals surface area contributed by atoms with Gasteiger partial charge in [-0.3, -0.25) is 4.79 Å². The second kappa shape index (κ2) is 7.97. The Morgan fingerprint density at radius 2 is 2.14 bits per heavy atom. The third kappa shape index (κ3) is 4.70. The number of rotatable bonds is 6. The minimum absolute atomic E-state index is 0.187.